The molecular weight excluding hydrogens is 602 g/mol. The Hall–Kier alpha value is -3.32. The molecule has 1 fully saturated rings. The summed E-state index contributed by atoms with van der Waals surface area (Å²) in [5.74, 6) is 1.18. The number of aryl methyl sites for hydroxylation is 1. The van der Waals surface area contributed by atoms with Crippen LogP contribution in [0.3, 0.4) is 0 Å². The lowest BCUT2D eigenvalue weighted by Gasteiger charge is -2.42. The zero-order valence-electron chi connectivity index (χ0n) is 25.2. The van der Waals surface area contributed by atoms with Crippen LogP contribution in [-0.2, 0) is 22.6 Å². The number of pyridine rings is 1. The number of aliphatic hydroxyl groups is 8. The van der Waals surface area contributed by atoms with Crippen molar-refractivity contribution in [3.05, 3.63) is 65.5 Å². The van der Waals surface area contributed by atoms with E-state index in [-0.39, 0.29) is 6.54 Å². The van der Waals surface area contributed by atoms with Gasteiger partial charge in [-0.05, 0) is 24.1 Å². The number of benzene rings is 2. The van der Waals surface area contributed by atoms with Crippen molar-refractivity contribution in [2.45, 2.75) is 75.1 Å². The quantitative estimate of drug-likeness (QED) is 0.0748. The molecule has 11 N–H and O–H groups in total. The molecule has 15 nitrogen and oxygen atoms in total. The van der Waals surface area contributed by atoms with Gasteiger partial charge in [0, 0.05) is 25.0 Å². The average Bonchev–Trinajstić information content (AvgIpc) is 3.39. The number of rotatable bonds is 13. The first-order valence-corrected chi connectivity index (χ1v) is 14.9. The smallest absolute Gasteiger partial charge is 0.187 e. The van der Waals surface area contributed by atoms with Crippen LogP contribution in [0.25, 0.3) is 21.9 Å². The Bertz CT molecular complexity index is 1600. The first-order valence-electron chi connectivity index (χ1n) is 14.9. The minimum absolute atomic E-state index is 0.141. The van der Waals surface area contributed by atoms with Gasteiger partial charge in [0.2, 0.25) is 0 Å². The third kappa shape index (κ3) is 7.00. The van der Waals surface area contributed by atoms with Crippen LogP contribution in [0.15, 0.2) is 48.5 Å². The summed E-state index contributed by atoms with van der Waals surface area (Å²) < 4.78 is 12.8. The summed E-state index contributed by atoms with van der Waals surface area (Å²) in [5.41, 5.74) is 10.5. The van der Waals surface area contributed by atoms with Crippen molar-refractivity contribution in [1.82, 2.24) is 19.9 Å². The van der Waals surface area contributed by atoms with E-state index in [1.54, 1.807) is 0 Å². The summed E-state index contributed by atoms with van der Waals surface area (Å²) >= 11 is 0. The zero-order valence-corrected chi connectivity index (χ0v) is 25.2. The van der Waals surface area contributed by atoms with Crippen molar-refractivity contribution in [1.29, 1.82) is 0 Å². The second kappa shape index (κ2) is 14.6. The maximum Gasteiger partial charge on any atom is 0.187 e. The lowest BCUT2D eigenvalue weighted by molar-refractivity contribution is -0.327. The standard InChI is InChI=1S/C31H41N5O10/c1-15-34-23-24(18-4-2-3-5-19(18)35-30(23)32)36(15)12-17-8-6-16(7-9-17)10-33-11-20(39)25(41)29(21(40)13-37)46-31-28(44)27(43)26(42)22(14-38)45-31/h2-9,20-22,25-29,31,33,37-44H,10-14H2,1H3,(H2,32,35)/t20-,21+,22+,25+,26+,27-,28+,29?,31+/m0/s1. The fourth-order valence-electron chi connectivity index (χ4n) is 5.65. The van der Waals surface area contributed by atoms with Gasteiger partial charge in [0.15, 0.2) is 12.1 Å². The molecule has 5 rings (SSSR count). The van der Waals surface area contributed by atoms with E-state index in [2.05, 4.69) is 19.9 Å². The molecule has 2 aromatic heterocycles. The first-order chi connectivity index (χ1) is 22.0. The van der Waals surface area contributed by atoms with Crippen LogP contribution in [0.1, 0.15) is 17.0 Å². The van der Waals surface area contributed by atoms with Crippen molar-refractivity contribution in [3.63, 3.8) is 0 Å². The number of hydrogen-bond donors (Lipinski definition) is 10. The van der Waals surface area contributed by atoms with Crippen molar-refractivity contribution >= 4 is 27.8 Å². The summed E-state index contributed by atoms with van der Waals surface area (Å²) in [6.07, 6.45) is -14.8. The second-order valence-electron chi connectivity index (χ2n) is 11.5. The first kappa shape index (κ1) is 34.0. The summed E-state index contributed by atoms with van der Waals surface area (Å²) in [6, 6.07) is 15.6. The van der Waals surface area contributed by atoms with Crippen LogP contribution in [-0.4, -0.2) is 130 Å². The Labute approximate surface area is 264 Å². The highest BCUT2D eigenvalue weighted by Crippen LogP contribution is 2.29. The molecule has 1 aliphatic rings. The Kier molecular flexibility index (Phi) is 10.8. The van der Waals surface area contributed by atoms with Gasteiger partial charge in [-0.3, -0.25) is 0 Å². The molecule has 1 saturated heterocycles. The highest BCUT2D eigenvalue weighted by atomic mass is 16.7. The molecule has 46 heavy (non-hydrogen) atoms. The predicted octanol–water partition coefficient (Wildman–Crippen LogP) is -2.13. The minimum atomic E-state index is -1.80. The molecule has 3 heterocycles. The van der Waals surface area contributed by atoms with Crippen molar-refractivity contribution in [2.24, 2.45) is 0 Å². The molecule has 0 spiro atoms. The summed E-state index contributed by atoms with van der Waals surface area (Å²) in [7, 11) is 0. The van der Waals surface area contributed by atoms with Crippen LogP contribution in [0.4, 0.5) is 5.82 Å². The maximum absolute atomic E-state index is 10.8. The fraction of sp³-hybridized carbons (Fsp3) is 0.484. The number of fused-ring (bicyclic) bond motifs is 3. The molecular formula is C31H41N5O10. The topological polar surface area (TPSA) is 249 Å². The van der Waals surface area contributed by atoms with Gasteiger partial charge < -0.3 is 65.9 Å². The highest BCUT2D eigenvalue weighted by Gasteiger charge is 2.46. The van der Waals surface area contributed by atoms with Gasteiger partial charge in [0.05, 0.1) is 30.4 Å². The van der Waals surface area contributed by atoms with Gasteiger partial charge in [-0.25, -0.2) is 9.97 Å². The molecule has 2 aromatic carbocycles. The second-order valence-corrected chi connectivity index (χ2v) is 11.5. The van der Waals surface area contributed by atoms with Crippen LogP contribution >= 0.6 is 0 Å². The van der Waals surface area contributed by atoms with Gasteiger partial charge in [0.1, 0.15) is 54.1 Å². The Morgan fingerprint density at radius 3 is 2.33 bits per heavy atom. The number of anilines is 1. The zero-order chi connectivity index (χ0) is 33.1. The van der Waals surface area contributed by atoms with E-state index >= 15 is 0 Å². The van der Waals surface area contributed by atoms with Gasteiger partial charge in [-0.15, -0.1) is 0 Å². The average molecular weight is 644 g/mol. The third-order valence-electron chi connectivity index (χ3n) is 8.28. The molecule has 0 saturated carbocycles. The number of hydrogen-bond acceptors (Lipinski definition) is 14. The van der Waals surface area contributed by atoms with Crippen LogP contribution < -0.4 is 11.1 Å². The predicted molar refractivity (Wildman–Crippen MR) is 165 cm³/mol. The molecule has 1 unspecified atom stereocenters. The number of nitrogens with zero attached hydrogens (tertiary/aromatic N) is 3. The number of aromatic nitrogens is 3. The van der Waals surface area contributed by atoms with Crippen LogP contribution in [0.5, 0.6) is 0 Å². The molecule has 15 heteroatoms. The van der Waals surface area contributed by atoms with Crippen LogP contribution in [0, 0.1) is 6.92 Å². The number of nitrogens with one attached hydrogen (secondary N) is 1. The minimum Gasteiger partial charge on any atom is -0.394 e. The molecule has 0 aliphatic carbocycles. The van der Waals surface area contributed by atoms with E-state index < -0.39 is 68.3 Å². The summed E-state index contributed by atoms with van der Waals surface area (Å²) in [6.45, 7) is 1.09. The molecule has 0 radical (unpaired) electrons. The van der Waals surface area contributed by atoms with E-state index in [0.717, 1.165) is 33.4 Å². The van der Waals surface area contributed by atoms with Gasteiger partial charge >= 0.3 is 0 Å². The van der Waals surface area contributed by atoms with Gasteiger partial charge in [0.25, 0.3) is 0 Å². The largest absolute Gasteiger partial charge is 0.394 e. The molecule has 0 bridgehead atoms. The van der Waals surface area contributed by atoms with Crippen molar-refractivity contribution < 1.29 is 50.3 Å². The highest BCUT2D eigenvalue weighted by molar-refractivity contribution is 6.06. The number of aliphatic hydroxyl groups excluding tert-OH is 8. The van der Waals surface area contributed by atoms with E-state index in [4.69, 9.17) is 15.2 Å². The third-order valence-corrected chi connectivity index (χ3v) is 8.28. The number of nitrogen functional groups attached to an aromatic ring is 1. The Balaban J connectivity index is 1.19. The van der Waals surface area contributed by atoms with Crippen molar-refractivity contribution in [2.75, 3.05) is 25.5 Å². The molecule has 1 aliphatic heterocycles. The van der Waals surface area contributed by atoms with Gasteiger partial charge in [-0.1, -0.05) is 42.5 Å². The maximum atomic E-state index is 10.8. The molecule has 0 amide bonds. The summed E-state index contributed by atoms with van der Waals surface area (Å²) in [4.78, 5) is 9.14. The Morgan fingerprint density at radius 1 is 0.935 bits per heavy atom. The fourth-order valence-corrected chi connectivity index (χ4v) is 5.65. The normalized spacial score (nSPS) is 24.7. The number of imidazole rings is 1. The molecule has 9 atom stereocenters. The summed E-state index contributed by atoms with van der Waals surface area (Å²) in [5, 5.41) is 84.8. The number of para-hydroxylation sites is 1. The molecule has 4 aromatic rings. The van der Waals surface area contributed by atoms with Gasteiger partial charge in [-0.2, -0.15) is 0 Å². The van der Waals surface area contributed by atoms with E-state index in [1.807, 2.05) is 55.5 Å². The SMILES string of the molecule is Cc1nc2c(N)nc3ccccc3c2n1Cc1ccc(CNC[C@H](O)[C@@H](O)C(O[C@H]2O[C@H](CO)[C@@H](O)[C@H](O)[C@H]2O)[C@H](O)CO)cc1. The lowest BCUT2D eigenvalue weighted by atomic mass is 9.98. The van der Waals surface area contributed by atoms with Crippen LogP contribution in [0.2, 0.25) is 0 Å². The lowest BCUT2D eigenvalue weighted by Crippen LogP contribution is -2.61. The monoisotopic (exact) mass is 643 g/mol. The Morgan fingerprint density at radius 2 is 1.63 bits per heavy atom. The van der Waals surface area contributed by atoms with E-state index in [9.17, 15) is 40.9 Å². The van der Waals surface area contributed by atoms with E-state index in [0.29, 0.717) is 24.4 Å². The molecule has 250 valence electrons. The van der Waals surface area contributed by atoms with Crippen molar-refractivity contribution in [3.8, 4) is 0 Å². The number of ether oxygens (including phenoxy) is 2. The number of nitrogens with two attached hydrogens (primary N) is 1. The van der Waals surface area contributed by atoms with E-state index in [1.165, 1.54) is 0 Å².